The number of ether oxygens (including phenoxy) is 1. The third kappa shape index (κ3) is 3.21. The van der Waals surface area contributed by atoms with Crippen LogP contribution in [0.1, 0.15) is 5.82 Å². The van der Waals surface area contributed by atoms with Crippen molar-refractivity contribution in [2.75, 3.05) is 11.4 Å². The van der Waals surface area contributed by atoms with Crippen LogP contribution in [0.25, 0.3) is 16.9 Å². The maximum Gasteiger partial charge on any atom is 0.387 e. The summed E-state index contributed by atoms with van der Waals surface area (Å²) in [4.78, 5) is 6.23. The van der Waals surface area contributed by atoms with Gasteiger partial charge in [0.1, 0.15) is 17.4 Å². The van der Waals surface area contributed by atoms with E-state index in [0.29, 0.717) is 29.2 Å². The average Bonchev–Trinajstić information content (AvgIpc) is 2.97. The van der Waals surface area contributed by atoms with E-state index in [0.717, 1.165) is 17.8 Å². The normalized spacial score (nSPS) is 14.1. The van der Waals surface area contributed by atoms with Gasteiger partial charge in [0.05, 0.1) is 11.0 Å². The lowest BCUT2D eigenvalue weighted by Gasteiger charge is -2.30. The van der Waals surface area contributed by atoms with Gasteiger partial charge < -0.3 is 9.64 Å². The second kappa shape index (κ2) is 7.03. The summed E-state index contributed by atoms with van der Waals surface area (Å²) in [7, 11) is 0. The first kappa shape index (κ1) is 18.1. The number of aryl methyl sites for hydroxylation is 1. The van der Waals surface area contributed by atoms with Gasteiger partial charge in [-0.15, -0.1) is 0 Å². The van der Waals surface area contributed by atoms with Gasteiger partial charge in [0.25, 0.3) is 0 Å². The van der Waals surface area contributed by atoms with Crippen molar-refractivity contribution in [2.45, 2.75) is 13.5 Å². The molecule has 0 spiro atoms. The van der Waals surface area contributed by atoms with Gasteiger partial charge in [-0.05, 0) is 37.3 Å². The molecular weight excluding hydrogens is 374 g/mol. The Bertz CT molecular complexity index is 1090. The van der Waals surface area contributed by atoms with Gasteiger partial charge in [0.2, 0.25) is 0 Å². The minimum Gasteiger partial charge on any atom is -0.435 e. The van der Waals surface area contributed by atoms with Crippen LogP contribution in [0.5, 0.6) is 5.75 Å². The Morgan fingerprint density at radius 3 is 2.50 bits per heavy atom. The van der Waals surface area contributed by atoms with Gasteiger partial charge in [-0.25, -0.2) is 13.8 Å². The molecule has 0 radical (unpaired) electrons. The lowest BCUT2D eigenvalue weighted by molar-refractivity contribution is -0.0498. The van der Waals surface area contributed by atoms with Crippen molar-refractivity contribution in [3.63, 3.8) is 0 Å². The molecular formula is C20H15F4N3O. The molecule has 0 saturated carbocycles. The molecule has 0 fully saturated rings. The van der Waals surface area contributed by atoms with Crippen molar-refractivity contribution in [2.24, 2.45) is 0 Å². The third-order valence-electron chi connectivity index (χ3n) is 4.41. The number of benzene rings is 2. The minimum absolute atomic E-state index is 0.0543. The molecule has 3 aromatic rings. The fourth-order valence-corrected chi connectivity index (χ4v) is 3.23. The van der Waals surface area contributed by atoms with Gasteiger partial charge in [0.15, 0.2) is 11.6 Å². The summed E-state index contributed by atoms with van der Waals surface area (Å²) in [5.74, 6) is -0.624. The topological polar surface area (TPSA) is 30.3 Å². The van der Waals surface area contributed by atoms with Crippen LogP contribution in [0.3, 0.4) is 0 Å². The molecule has 0 N–H and O–H groups in total. The van der Waals surface area contributed by atoms with Crippen molar-refractivity contribution in [1.82, 2.24) is 9.55 Å². The predicted octanol–water partition coefficient (Wildman–Crippen LogP) is 5.10. The van der Waals surface area contributed by atoms with E-state index in [1.807, 2.05) is 23.1 Å². The van der Waals surface area contributed by atoms with Gasteiger partial charge in [0, 0.05) is 24.4 Å². The highest BCUT2D eigenvalue weighted by atomic mass is 19.3. The summed E-state index contributed by atoms with van der Waals surface area (Å²) in [6, 6.07) is 8.38. The van der Waals surface area contributed by atoms with Crippen molar-refractivity contribution in [1.29, 1.82) is 0 Å². The van der Waals surface area contributed by atoms with Crippen LogP contribution >= 0.6 is 0 Å². The first-order valence-electron chi connectivity index (χ1n) is 8.48. The zero-order chi connectivity index (χ0) is 19.8. The molecule has 144 valence electrons. The predicted molar refractivity (Wildman–Crippen MR) is 98.2 cm³/mol. The number of fused-ring (bicyclic) bond motifs is 1. The summed E-state index contributed by atoms with van der Waals surface area (Å²) >= 11 is 0. The maximum absolute atomic E-state index is 13.8. The van der Waals surface area contributed by atoms with Gasteiger partial charge in [-0.3, -0.25) is 4.57 Å². The lowest BCUT2D eigenvalue weighted by atomic mass is 10.2. The fraction of sp³-hybridized carbons (Fsp3) is 0.150. The molecule has 0 aliphatic carbocycles. The molecule has 0 unspecified atom stereocenters. The highest BCUT2D eigenvalue weighted by Gasteiger charge is 2.21. The smallest absolute Gasteiger partial charge is 0.387 e. The van der Waals surface area contributed by atoms with Crippen LogP contribution in [-0.4, -0.2) is 22.7 Å². The monoisotopic (exact) mass is 389 g/mol. The molecule has 0 amide bonds. The van der Waals surface area contributed by atoms with E-state index >= 15 is 0 Å². The number of anilines is 1. The number of rotatable bonds is 4. The van der Waals surface area contributed by atoms with Crippen LogP contribution in [0.4, 0.5) is 23.2 Å². The SMILES string of the molecule is Cc1nc2cc(F)c(F)cc2n1C1=CC=CCN1c1ccc(OC(F)F)cc1. The van der Waals surface area contributed by atoms with Crippen LogP contribution in [-0.2, 0) is 0 Å². The largest absolute Gasteiger partial charge is 0.435 e. The Balaban J connectivity index is 1.77. The van der Waals surface area contributed by atoms with Gasteiger partial charge in [-0.2, -0.15) is 8.78 Å². The summed E-state index contributed by atoms with van der Waals surface area (Å²) < 4.78 is 58.2. The zero-order valence-electron chi connectivity index (χ0n) is 14.7. The number of hydrogen-bond donors (Lipinski definition) is 0. The van der Waals surface area contributed by atoms with Crippen molar-refractivity contribution in [3.8, 4) is 5.75 Å². The molecule has 2 heterocycles. The quantitative estimate of drug-likeness (QED) is 0.582. The van der Waals surface area contributed by atoms with Crippen LogP contribution in [0.2, 0.25) is 0 Å². The van der Waals surface area contributed by atoms with Gasteiger partial charge >= 0.3 is 6.61 Å². The average molecular weight is 389 g/mol. The minimum atomic E-state index is -2.89. The Hall–Kier alpha value is -3.29. The number of halogens is 4. The molecule has 28 heavy (non-hydrogen) atoms. The summed E-state index contributed by atoms with van der Waals surface area (Å²) in [5.41, 5.74) is 1.49. The highest BCUT2D eigenvalue weighted by Crippen LogP contribution is 2.31. The first-order chi connectivity index (χ1) is 13.4. The van der Waals surface area contributed by atoms with E-state index in [-0.39, 0.29) is 5.75 Å². The lowest BCUT2D eigenvalue weighted by Crippen LogP contribution is -2.27. The Labute approximate surface area is 158 Å². The second-order valence-electron chi connectivity index (χ2n) is 6.19. The van der Waals surface area contributed by atoms with E-state index in [9.17, 15) is 17.6 Å². The number of aromatic nitrogens is 2. The number of hydrogen-bond acceptors (Lipinski definition) is 3. The molecule has 1 aliphatic rings. The summed E-state index contributed by atoms with van der Waals surface area (Å²) in [6.45, 7) is -0.648. The van der Waals surface area contributed by atoms with Crippen molar-refractivity contribution in [3.05, 3.63) is 72.1 Å². The molecule has 1 aromatic heterocycles. The molecule has 2 aromatic carbocycles. The van der Waals surface area contributed by atoms with Crippen molar-refractivity contribution >= 4 is 22.5 Å². The molecule has 4 nitrogen and oxygen atoms in total. The van der Waals surface area contributed by atoms with Crippen LogP contribution in [0.15, 0.2) is 54.6 Å². The highest BCUT2D eigenvalue weighted by molar-refractivity contribution is 5.84. The first-order valence-corrected chi connectivity index (χ1v) is 8.48. The fourth-order valence-electron chi connectivity index (χ4n) is 3.23. The van der Waals surface area contributed by atoms with Crippen molar-refractivity contribution < 1.29 is 22.3 Å². The van der Waals surface area contributed by atoms with Gasteiger partial charge in [-0.1, -0.05) is 12.2 Å². The van der Waals surface area contributed by atoms with E-state index in [1.54, 1.807) is 23.6 Å². The number of alkyl halides is 2. The molecule has 1 aliphatic heterocycles. The second-order valence-corrected chi connectivity index (χ2v) is 6.19. The zero-order valence-corrected chi connectivity index (χ0v) is 14.7. The number of nitrogens with zero attached hydrogens (tertiary/aromatic N) is 3. The van der Waals surface area contributed by atoms with E-state index in [1.165, 1.54) is 12.1 Å². The Morgan fingerprint density at radius 2 is 1.79 bits per heavy atom. The summed E-state index contributed by atoms with van der Waals surface area (Å²) in [6.07, 6.45) is 5.59. The maximum atomic E-state index is 13.8. The van der Waals surface area contributed by atoms with Crippen LogP contribution in [0, 0.1) is 18.6 Å². The third-order valence-corrected chi connectivity index (χ3v) is 4.41. The number of imidazole rings is 1. The molecule has 0 saturated heterocycles. The Kier molecular flexibility index (Phi) is 4.54. The number of allylic oxidation sites excluding steroid dienone is 2. The molecule has 0 bridgehead atoms. The van der Waals surface area contributed by atoms with Crippen LogP contribution < -0.4 is 9.64 Å². The van der Waals surface area contributed by atoms with E-state index < -0.39 is 18.2 Å². The Morgan fingerprint density at radius 1 is 1.07 bits per heavy atom. The summed E-state index contributed by atoms with van der Waals surface area (Å²) in [5, 5.41) is 0. The van der Waals surface area contributed by atoms with E-state index in [2.05, 4.69) is 9.72 Å². The standard InChI is InChI=1S/C20H15F4N3O/c1-12-25-17-10-15(21)16(22)11-18(17)27(12)19-4-2-3-9-26(19)13-5-7-14(8-6-13)28-20(23)24/h2-8,10-11,20H,9H2,1H3. The molecule has 8 heteroatoms. The van der Waals surface area contributed by atoms with E-state index in [4.69, 9.17) is 0 Å². The molecule has 4 rings (SSSR count). The molecule has 0 atom stereocenters.